The van der Waals surface area contributed by atoms with Gasteiger partial charge in [-0.05, 0) is 44.4 Å². The van der Waals surface area contributed by atoms with E-state index >= 15 is 0 Å². The lowest BCUT2D eigenvalue weighted by atomic mass is 10.0. The Morgan fingerprint density at radius 2 is 2.06 bits per heavy atom. The lowest BCUT2D eigenvalue weighted by Gasteiger charge is -2.12. The summed E-state index contributed by atoms with van der Waals surface area (Å²) >= 11 is 0. The summed E-state index contributed by atoms with van der Waals surface area (Å²) in [5.74, 6) is 0. The van der Waals surface area contributed by atoms with E-state index < -0.39 is 0 Å². The molecule has 2 aromatic rings. The molecule has 0 spiro atoms. The molecule has 0 amide bonds. The zero-order valence-electron chi connectivity index (χ0n) is 10.6. The van der Waals surface area contributed by atoms with Crippen molar-refractivity contribution in [2.24, 2.45) is 5.73 Å². The summed E-state index contributed by atoms with van der Waals surface area (Å²) < 4.78 is 1.92. The molecule has 0 bridgehead atoms. The lowest BCUT2D eigenvalue weighted by molar-refractivity contribution is 0.727. The van der Waals surface area contributed by atoms with Crippen LogP contribution in [0.1, 0.15) is 23.6 Å². The number of hydrogen-bond acceptors (Lipinski definition) is 2. The molecule has 1 heterocycles. The van der Waals surface area contributed by atoms with E-state index in [0.717, 1.165) is 17.7 Å². The fourth-order valence-corrected chi connectivity index (χ4v) is 1.99. The maximum absolute atomic E-state index is 5.90. The Kier molecular flexibility index (Phi) is 3.29. The van der Waals surface area contributed by atoms with Crippen LogP contribution in [0.25, 0.3) is 5.69 Å². The maximum Gasteiger partial charge on any atom is 0.0678 e. The van der Waals surface area contributed by atoms with Crippen LogP contribution < -0.4 is 5.73 Å². The summed E-state index contributed by atoms with van der Waals surface area (Å²) in [6.45, 7) is 6.17. The highest BCUT2D eigenvalue weighted by Crippen LogP contribution is 2.18. The van der Waals surface area contributed by atoms with E-state index in [4.69, 9.17) is 5.73 Å². The van der Waals surface area contributed by atoms with E-state index in [1.165, 1.54) is 11.1 Å². The second-order valence-electron chi connectivity index (χ2n) is 4.78. The smallest absolute Gasteiger partial charge is 0.0678 e. The minimum absolute atomic E-state index is 0.159. The van der Waals surface area contributed by atoms with Gasteiger partial charge in [-0.2, -0.15) is 5.10 Å². The predicted molar refractivity (Wildman–Crippen MR) is 70.4 cm³/mol. The van der Waals surface area contributed by atoms with Crippen LogP contribution in [-0.4, -0.2) is 15.8 Å². The highest BCUT2D eigenvalue weighted by Gasteiger charge is 2.08. The van der Waals surface area contributed by atoms with Crippen LogP contribution in [0.5, 0.6) is 0 Å². The molecule has 2 N–H and O–H groups in total. The van der Waals surface area contributed by atoms with Crippen molar-refractivity contribution in [1.29, 1.82) is 0 Å². The Bertz CT molecular complexity index is 512. The summed E-state index contributed by atoms with van der Waals surface area (Å²) in [4.78, 5) is 0. The van der Waals surface area contributed by atoms with Crippen molar-refractivity contribution in [2.75, 3.05) is 0 Å². The Morgan fingerprint density at radius 1 is 1.29 bits per heavy atom. The first-order chi connectivity index (χ1) is 8.06. The number of hydrogen-bond donors (Lipinski definition) is 1. The molecular formula is C14H19N3. The molecular weight excluding hydrogens is 210 g/mol. The monoisotopic (exact) mass is 229 g/mol. The first-order valence-corrected chi connectivity index (χ1v) is 5.93. The highest BCUT2D eigenvalue weighted by atomic mass is 15.3. The Hall–Kier alpha value is -1.61. The van der Waals surface area contributed by atoms with Gasteiger partial charge in [0.1, 0.15) is 0 Å². The zero-order chi connectivity index (χ0) is 12.4. The van der Waals surface area contributed by atoms with E-state index in [1.54, 1.807) is 0 Å². The van der Waals surface area contributed by atoms with Gasteiger partial charge in [0.05, 0.1) is 11.9 Å². The molecule has 0 aliphatic heterocycles. The summed E-state index contributed by atoms with van der Waals surface area (Å²) in [6, 6.07) is 6.57. The second kappa shape index (κ2) is 4.72. The first kappa shape index (κ1) is 11.9. The standard InChI is InChI=1S/C14H19N3/c1-10-4-5-14(13(6-10)7-12(3)15)17-9-11(2)8-16-17/h4-6,8-9,12H,7,15H2,1-3H3. The molecule has 2 rings (SSSR count). The second-order valence-corrected chi connectivity index (χ2v) is 4.78. The van der Waals surface area contributed by atoms with Crippen LogP contribution in [0.15, 0.2) is 30.6 Å². The fraction of sp³-hybridized carbons (Fsp3) is 0.357. The van der Waals surface area contributed by atoms with Crippen molar-refractivity contribution < 1.29 is 0 Å². The molecule has 0 aliphatic carbocycles. The van der Waals surface area contributed by atoms with E-state index in [1.807, 2.05) is 30.9 Å². The van der Waals surface area contributed by atoms with Crippen LogP contribution in [0, 0.1) is 13.8 Å². The Balaban J connectivity index is 2.45. The number of rotatable bonds is 3. The van der Waals surface area contributed by atoms with Crippen molar-refractivity contribution in [2.45, 2.75) is 33.2 Å². The number of nitrogens with zero attached hydrogens (tertiary/aromatic N) is 2. The molecule has 0 saturated heterocycles. The zero-order valence-corrected chi connectivity index (χ0v) is 10.6. The molecule has 90 valence electrons. The average Bonchev–Trinajstić information content (AvgIpc) is 2.64. The molecule has 0 saturated carbocycles. The van der Waals surface area contributed by atoms with Crippen LogP contribution >= 0.6 is 0 Å². The van der Waals surface area contributed by atoms with Gasteiger partial charge in [-0.1, -0.05) is 17.7 Å². The van der Waals surface area contributed by atoms with Gasteiger partial charge in [0.15, 0.2) is 0 Å². The van der Waals surface area contributed by atoms with Crippen molar-refractivity contribution in [3.05, 3.63) is 47.3 Å². The fourth-order valence-electron chi connectivity index (χ4n) is 1.99. The lowest BCUT2D eigenvalue weighted by Crippen LogP contribution is -2.19. The van der Waals surface area contributed by atoms with Gasteiger partial charge >= 0.3 is 0 Å². The summed E-state index contributed by atoms with van der Waals surface area (Å²) in [6.07, 6.45) is 4.78. The number of nitrogens with two attached hydrogens (primary N) is 1. The quantitative estimate of drug-likeness (QED) is 0.878. The Labute approximate surface area is 102 Å². The number of benzene rings is 1. The minimum atomic E-state index is 0.159. The average molecular weight is 229 g/mol. The summed E-state index contributed by atoms with van der Waals surface area (Å²) in [7, 11) is 0. The molecule has 1 aromatic heterocycles. The summed E-state index contributed by atoms with van der Waals surface area (Å²) in [5.41, 5.74) is 10.7. The number of aromatic nitrogens is 2. The molecule has 1 atom stereocenters. The molecule has 0 fully saturated rings. The van der Waals surface area contributed by atoms with Crippen molar-refractivity contribution in [1.82, 2.24) is 9.78 Å². The van der Waals surface area contributed by atoms with E-state index in [9.17, 15) is 0 Å². The topological polar surface area (TPSA) is 43.8 Å². The third-order valence-electron chi connectivity index (χ3n) is 2.74. The third kappa shape index (κ3) is 2.74. The molecule has 1 unspecified atom stereocenters. The van der Waals surface area contributed by atoms with Crippen molar-refractivity contribution >= 4 is 0 Å². The third-order valence-corrected chi connectivity index (χ3v) is 2.74. The predicted octanol–water partition coefficient (Wildman–Crippen LogP) is 2.38. The van der Waals surface area contributed by atoms with E-state index in [0.29, 0.717) is 0 Å². The SMILES string of the molecule is Cc1ccc(-n2cc(C)cn2)c(CC(C)N)c1. The molecule has 0 aliphatic rings. The van der Waals surface area contributed by atoms with Crippen LogP contribution in [-0.2, 0) is 6.42 Å². The van der Waals surface area contributed by atoms with Gasteiger partial charge in [-0.3, -0.25) is 0 Å². The number of aryl methyl sites for hydroxylation is 2. The van der Waals surface area contributed by atoms with Crippen molar-refractivity contribution in [3.63, 3.8) is 0 Å². The van der Waals surface area contributed by atoms with Gasteiger partial charge in [0.25, 0.3) is 0 Å². The minimum Gasteiger partial charge on any atom is -0.328 e. The largest absolute Gasteiger partial charge is 0.328 e. The van der Waals surface area contributed by atoms with Gasteiger partial charge in [0.2, 0.25) is 0 Å². The highest BCUT2D eigenvalue weighted by molar-refractivity contribution is 5.43. The van der Waals surface area contributed by atoms with Crippen LogP contribution in [0.4, 0.5) is 0 Å². The first-order valence-electron chi connectivity index (χ1n) is 5.93. The van der Waals surface area contributed by atoms with E-state index in [2.05, 4.69) is 30.2 Å². The maximum atomic E-state index is 5.90. The Morgan fingerprint density at radius 3 is 2.65 bits per heavy atom. The normalized spacial score (nSPS) is 12.7. The summed E-state index contributed by atoms with van der Waals surface area (Å²) in [5, 5.41) is 4.36. The molecule has 1 aromatic carbocycles. The molecule has 3 nitrogen and oxygen atoms in total. The molecule has 17 heavy (non-hydrogen) atoms. The van der Waals surface area contributed by atoms with Gasteiger partial charge in [-0.25, -0.2) is 4.68 Å². The van der Waals surface area contributed by atoms with Crippen molar-refractivity contribution in [3.8, 4) is 5.69 Å². The van der Waals surface area contributed by atoms with Crippen LogP contribution in [0.2, 0.25) is 0 Å². The van der Waals surface area contributed by atoms with Gasteiger partial charge < -0.3 is 5.73 Å². The van der Waals surface area contributed by atoms with E-state index in [-0.39, 0.29) is 6.04 Å². The molecule has 3 heteroatoms. The molecule has 0 radical (unpaired) electrons. The van der Waals surface area contributed by atoms with Crippen LogP contribution in [0.3, 0.4) is 0 Å². The van der Waals surface area contributed by atoms with Gasteiger partial charge in [0, 0.05) is 12.2 Å². The van der Waals surface area contributed by atoms with Gasteiger partial charge in [-0.15, -0.1) is 0 Å².